The van der Waals surface area contributed by atoms with Crippen molar-refractivity contribution in [2.75, 3.05) is 31.1 Å². The second-order valence-electron chi connectivity index (χ2n) is 6.53. The topological polar surface area (TPSA) is 59.6 Å². The van der Waals surface area contributed by atoms with Crippen molar-refractivity contribution in [3.05, 3.63) is 66.1 Å². The zero-order valence-corrected chi connectivity index (χ0v) is 14.2. The van der Waals surface area contributed by atoms with E-state index >= 15 is 0 Å². The zero-order valence-electron chi connectivity index (χ0n) is 14.2. The number of fused-ring (bicyclic) bond motifs is 1. The van der Waals surface area contributed by atoms with Crippen LogP contribution in [-0.2, 0) is 4.79 Å². The third-order valence-corrected chi connectivity index (χ3v) is 5.01. The van der Waals surface area contributed by atoms with Gasteiger partial charge < -0.3 is 15.0 Å². The van der Waals surface area contributed by atoms with Gasteiger partial charge in [0.1, 0.15) is 11.9 Å². The molecule has 0 unspecified atom stereocenters. The number of anilines is 1. The molecule has 0 spiro atoms. The lowest BCUT2D eigenvalue weighted by Gasteiger charge is -2.38. The quantitative estimate of drug-likeness (QED) is 0.756. The first-order valence-electron chi connectivity index (χ1n) is 8.67. The molecular formula is C20H20FN3O2. The van der Waals surface area contributed by atoms with Crippen LogP contribution in [0.15, 0.2) is 54.7 Å². The number of aliphatic carboxylic acids is 1. The van der Waals surface area contributed by atoms with Gasteiger partial charge in [-0.15, -0.1) is 0 Å². The van der Waals surface area contributed by atoms with Crippen LogP contribution in [0.25, 0.3) is 10.9 Å². The highest BCUT2D eigenvalue weighted by Gasteiger charge is 2.32. The molecule has 0 saturated carbocycles. The van der Waals surface area contributed by atoms with Gasteiger partial charge in [-0.3, -0.25) is 9.69 Å². The lowest BCUT2D eigenvalue weighted by molar-refractivity contribution is -0.143. The SMILES string of the molecule is O=C(O)[C@H](c1c[nH]c2cc(F)ccc12)N1CCN(c2ccccc2)CC1. The van der Waals surface area contributed by atoms with Crippen LogP contribution in [0.5, 0.6) is 0 Å². The van der Waals surface area contributed by atoms with Crippen molar-refractivity contribution >= 4 is 22.6 Å². The molecule has 0 amide bonds. The Morgan fingerprint density at radius 1 is 1.08 bits per heavy atom. The van der Waals surface area contributed by atoms with Crippen molar-refractivity contribution in [3.63, 3.8) is 0 Å². The van der Waals surface area contributed by atoms with Crippen molar-refractivity contribution in [2.24, 2.45) is 0 Å². The van der Waals surface area contributed by atoms with Crippen molar-refractivity contribution in [2.45, 2.75) is 6.04 Å². The molecule has 4 rings (SSSR count). The van der Waals surface area contributed by atoms with Gasteiger partial charge in [-0.2, -0.15) is 0 Å². The molecule has 1 aliphatic heterocycles. The summed E-state index contributed by atoms with van der Waals surface area (Å²) in [7, 11) is 0. The molecule has 134 valence electrons. The Morgan fingerprint density at radius 3 is 2.50 bits per heavy atom. The molecule has 6 heteroatoms. The fourth-order valence-electron chi connectivity index (χ4n) is 3.71. The second-order valence-corrected chi connectivity index (χ2v) is 6.53. The van der Waals surface area contributed by atoms with E-state index < -0.39 is 12.0 Å². The fraction of sp³-hybridized carbons (Fsp3) is 0.250. The van der Waals surface area contributed by atoms with Gasteiger partial charge in [-0.25, -0.2) is 4.39 Å². The average molecular weight is 353 g/mol. The molecule has 0 radical (unpaired) electrons. The molecule has 3 aromatic rings. The number of hydrogen-bond donors (Lipinski definition) is 2. The summed E-state index contributed by atoms with van der Waals surface area (Å²) in [6, 6.07) is 13.8. The maximum Gasteiger partial charge on any atom is 0.325 e. The number of aromatic nitrogens is 1. The minimum Gasteiger partial charge on any atom is -0.480 e. The van der Waals surface area contributed by atoms with E-state index in [9.17, 15) is 14.3 Å². The highest BCUT2D eigenvalue weighted by Crippen LogP contribution is 2.30. The molecule has 1 atom stereocenters. The van der Waals surface area contributed by atoms with Gasteiger partial charge in [0, 0.05) is 54.5 Å². The Bertz CT molecular complexity index is 917. The predicted octanol–water partition coefficient (Wildman–Crippen LogP) is 3.25. The zero-order chi connectivity index (χ0) is 18.1. The first-order chi connectivity index (χ1) is 12.6. The fourth-order valence-corrected chi connectivity index (χ4v) is 3.71. The monoisotopic (exact) mass is 353 g/mol. The van der Waals surface area contributed by atoms with E-state index in [0.717, 1.165) is 24.2 Å². The van der Waals surface area contributed by atoms with E-state index in [1.54, 1.807) is 12.3 Å². The van der Waals surface area contributed by atoms with Crippen molar-refractivity contribution in [1.29, 1.82) is 0 Å². The van der Waals surface area contributed by atoms with Gasteiger partial charge in [0.25, 0.3) is 0 Å². The lowest BCUT2D eigenvalue weighted by Crippen LogP contribution is -2.49. The van der Waals surface area contributed by atoms with E-state index in [-0.39, 0.29) is 5.82 Å². The molecule has 2 N–H and O–H groups in total. The van der Waals surface area contributed by atoms with E-state index in [1.807, 2.05) is 23.1 Å². The summed E-state index contributed by atoms with van der Waals surface area (Å²) in [5.41, 5.74) is 2.46. The molecule has 5 nitrogen and oxygen atoms in total. The maximum absolute atomic E-state index is 13.4. The molecule has 1 fully saturated rings. The van der Waals surface area contributed by atoms with Crippen LogP contribution in [0.3, 0.4) is 0 Å². The van der Waals surface area contributed by atoms with E-state index in [4.69, 9.17) is 0 Å². The highest BCUT2D eigenvalue weighted by atomic mass is 19.1. The van der Waals surface area contributed by atoms with Crippen LogP contribution >= 0.6 is 0 Å². The van der Waals surface area contributed by atoms with Crippen LogP contribution in [0.2, 0.25) is 0 Å². The number of nitrogens with one attached hydrogen (secondary N) is 1. The van der Waals surface area contributed by atoms with Gasteiger partial charge in [-0.1, -0.05) is 18.2 Å². The largest absolute Gasteiger partial charge is 0.480 e. The van der Waals surface area contributed by atoms with Crippen LogP contribution in [0.4, 0.5) is 10.1 Å². The predicted molar refractivity (Wildman–Crippen MR) is 98.9 cm³/mol. The first-order valence-corrected chi connectivity index (χ1v) is 8.67. The van der Waals surface area contributed by atoms with Crippen LogP contribution in [-0.4, -0.2) is 47.1 Å². The maximum atomic E-state index is 13.4. The number of hydrogen-bond acceptors (Lipinski definition) is 3. The molecule has 2 aromatic carbocycles. The molecule has 1 aromatic heterocycles. The highest BCUT2D eigenvalue weighted by molar-refractivity contribution is 5.89. The first kappa shape index (κ1) is 16.6. The molecule has 0 aliphatic carbocycles. The standard InChI is InChI=1S/C20H20FN3O2/c21-14-6-7-16-17(13-22-18(16)12-14)19(20(25)26)24-10-8-23(9-11-24)15-4-2-1-3-5-15/h1-7,12-13,19,22H,8-11H2,(H,25,26)/t19-/m0/s1. The third kappa shape index (κ3) is 3.04. The number of rotatable bonds is 4. The van der Waals surface area contributed by atoms with Crippen LogP contribution in [0.1, 0.15) is 11.6 Å². The normalized spacial score (nSPS) is 16.7. The summed E-state index contributed by atoms with van der Waals surface area (Å²) in [5, 5.41) is 10.6. The van der Waals surface area contributed by atoms with Gasteiger partial charge in [0.2, 0.25) is 0 Å². The smallest absolute Gasteiger partial charge is 0.325 e. The number of para-hydroxylation sites is 1. The number of carboxylic acids is 1. The molecule has 1 saturated heterocycles. The van der Waals surface area contributed by atoms with Gasteiger partial charge in [0.15, 0.2) is 0 Å². The van der Waals surface area contributed by atoms with Crippen molar-refractivity contribution in [3.8, 4) is 0 Å². The lowest BCUT2D eigenvalue weighted by atomic mass is 10.0. The van der Waals surface area contributed by atoms with E-state index in [2.05, 4.69) is 22.0 Å². The molecule has 2 heterocycles. The van der Waals surface area contributed by atoms with Crippen molar-refractivity contribution in [1.82, 2.24) is 9.88 Å². The number of carboxylic acid groups (broad SMARTS) is 1. The summed E-state index contributed by atoms with van der Waals surface area (Å²) in [6.07, 6.45) is 1.69. The second kappa shape index (κ2) is 6.80. The summed E-state index contributed by atoms with van der Waals surface area (Å²) < 4.78 is 13.4. The van der Waals surface area contributed by atoms with Crippen LogP contribution < -0.4 is 4.90 Å². The molecule has 0 bridgehead atoms. The Balaban J connectivity index is 1.57. The summed E-state index contributed by atoms with van der Waals surface area (Å²) in [5.74, 6) is -1.22. The summed E-state index contributed by atoms with van der Waals surface area (Å²) in [6.45, 7) is 2.84. The third-order valence-electron chi connectivity index (χ3n) is 5.01. The van der Waals surface area contributed by atoms with Gasteiger partial charge >= 0.3 is 5.97 Å². The number of nitrogens with zero attached hydrogens (tertiary/aromatic N) is 2. The summed E-state index contributed by atoms with van der Waals surface area (Å²) in [4.78, 5) is 19.3. The Hall–Kier alpha value is -2.86. The number of aromatic amines is 1. The Morgan fingerprint density at radius 2 is 1.81 bits per heavy atom. The van der Waals surface area contributed by atoms with E-state index in [1.165, 1.54) is 12.1 Å². The number of piperazine rings is 1. The van der Waals surface area contributed by atoms with Crippen molar-refractivity contribution < 1.29 is 14.3 Å². The molecule has 1 aliphatic rings. The number of H-pyrrole nitrogens is 1. The Kier molecular flexibility index (Phi) is 4.34. The minimum atomic E-state index is -0.886. The average Bonchev–Trinajstić information content (AvgIpc) is 3.05. The summed E-state index contributed by atoms with van der Waals surface area (Å²) >= 11 is 0. The Labute approximate surface area is 150 Å². The van der Waals surface area contributed by atoms with Gasteiger partial charge in [0.05, 0.1) is 0 Å². The minimum absolute atomic E-state index is 0.339. The van der Waals surface area contributed by atoms with E-state index in [0.29, 0.717) is 24.2 Å². The number of halogens is 1. The molecule has 26 heavy (non-hydrogen) atoms. The molecular weight excluding hydrogens is 333 g/mol. The van der Waals surface area contributed by atoms with Crippen LogP contribution in [0, 0.1) is 5.82 Å². The van der Waals surface area contributed by atoms with Gasteiger partial charge in [-0.05, 0) is 30.3 Å². The number of benzene rings is 2. The number of carbonyl (C=O) groups is 1.